The van der Waals surface area contributed by atoms with Gasteiger partial charge in [0.1, 0.15) is 0 Å². The maximum atomic E-state index is 7.60. The number of nitrogens with zero attached hydrogens (tertiary/aromatic N) is 2. The number of halogens is 2. The van der Waals surface area contributed by atoms with Crippen LogP contribution in [-0.2, 0) is 25.9 Å². The lowest BCUT2D eigenvalue weighted by Crippen LogP contribution is -1.99. The number of hydrogen-bond donors (Lipinski definition) is 0. The third kappa shape index (κ3) is 11.4. The highest BCUT2D eigenvalue weighted by Crippen LogP contribution is 2.49. The second kappa shape index (κ2) is 24.6. The van der Waals surface area contributed by atoms with E-state index in [9.17, 15) is 0 Å². The molecule has 0 fully saturated rings. The molecule has 8 rings (SSSR count). The van der Waals surface area contributed by atoms with Gasteiger partial charge in [0.05, 0.1) is 32.1 Å². The van der Waals surface area contributed by atoms with Gasteiger partial charge in [-0.2, -0.15) is 0 Å². The number of hydrogen-bond acceptors (Lipinski definition) is 4. The summed E-state index contributed by atoms with van der Waals surface area (Å²) in [5, 5.41) is 8.66. The van der Waals surface area contributed by atoms with Crippen molar-refractivity contribution in [2.75, 3.05) is 0 Å². The summed E-state index contributed by atoms with van der Waals surface area (Å²) in [5.74, 6) is 0. The molecule has 0 aliphatic rings. The number of thiophene rings is 4. The number of aryl methyl sites for hydroxylation is 4. The van der Waals surface area contributed by atoms with Crippen LogP contribution in [0.3, 0.4) is 0 Å². The molecule has 352 valence electrons. The first kappa shape index (κ1) is 49.6. The number of fused-ring (bicyclic) bond motifs is 5. The normalized spacial score (nSPS) is 12.0. The van der Waals surface area contributed by atoms with E-state index in [0.29, 0.717) is 0 Å². The van der Waals surface area contributed by atoms with E-state index < -0.39 is 0 Å². The van der Waals surface area contributed by atoms with Gasteiger partial charge in [0.2, 0.25) is 0 Å². The fourth-order valence-corrected chi connectivity index (χ4v) is 15.0. The first-order valence-corrected chi connectivity index (χ1v) is 29.9. The summed E-state index contributed by atoms with van der Waals surface area (Å²) in [6.07, 6.45) is 27.5. The van der Waals surface area contributed by atoms with Crippen LogP contribution in [0.1, 0.15) is 167 Å². The Morgan fingerprint density at radius 2 is 0.803 bits per heavy atom. The zero-order valence-corrected chi connectivity index (χ0v) is 45.0. The summed E-state index contributed by atoms with van der Waals surface area (Å²) >= 11 is 22.8. The van der Waals surface area contributed by atoms with Crippen LogP contribution in [0, 0.1) is 0 Å². The van der Waals surface area contributed by atoms with Crippen molar-refractivity contribution in [1.29, 1.82) is 0 Å². The summed E-state index contributed by atoms with van der Waals surface area (Å²) in [7, 11) is 0. The summed E-state index contributed by atoms with van der Waals surface area (Å²) in [4.78, 5) is 8.13. The molecule has 0 aliphatic heterocycles. The van der Waals surface area contributed by atoms with Gasteiger partial charge in [-0.05, 0) is 109 Å². The molecule has 0 radical (unpaired) electrons. The lowest BCUT2D eigenvalue weighted by atomic mass is 10.0. The number of rotatable bonds is 28. The van der Waals surface area contributed by atoms with Crippen molar-refractivity contribution in [2.24, 2.45) is 0 Å². The molecule has 6 heterocycles. The predicted octanol–water partition coefficient (Wildman–Crippen LogP) is 21.9. The molecule has 0 N–H and O–H groups in total. The minimum atomic E-state index is 0.846. The third-order valence-electron chi connectivity index (χ3n) is 13.7. The lowest BCUT2D eigenvalue weighted by Gasteiger charge is -2.12. The monoisotopic (exact) mass is 994 g/mol. The third-order valence-corrected chi connectivity index (χ3v) is 18.9. The van der Waals surface area contributed by atoms with Gasteiger partial charge < -0.3 is 9.13 Å². The second-order valence-corrected chi connectivity index (χ2v) is 23.6. The minimum Gasteiger partial charge on any atom is -0.339 e. The summed E-state index contributed by atoms with van der Waals surface area (Å²) in [5.41, 5.74) is 10.5. The van der Waals surface area contributed by atoms with Crippen LogP contribution in [0.5, 0.6) is 0 Å². The van der Waals surface area contributed by atoms with E-state index in [-0.39, 0.29) is 0 Å². The van der Waals surface area contributed by atoms with E-state index >= 15 is 0 Å². The highest BCUT2D eigenvalue weighted by atomic mass is 35.5. The van der Waals surface area contributed by atoms with Crippen LogP contribution in [-0.4, -0.2) is 9.13 Å². The average Bonchev–Trinajstić information content (AvgIpc) is 4.19. The topological polar surface area (TPSA) is 9.86 Å². The molecular weight excluding hydrogens is 924 g/mol. The van der Waals surface area contributed by atoms with Crippen molar-refractivity contribution < 1.29 is 0 Å². The highest BCUT2D eigenvalue weighted by molar-refractivity contribution is 7.24. The minimum absolute atomic E-state index is 0.846. The highest BCUT2D eigenvalue weighted by Gasteiger charge is 2.25. The van der Waals surface area contributed by atoms with Crippen molar-refractivity contribution in [3.8, 4) is 40.4 Å². The standard InChI is InChI=1S/C58H72Cl2N2S4/c1-5-9-13-17-19-23-31-61-49-39-43(53-35-41(27-21-15-11-7-3)57(65-53)51-29-25-33-63-51)47(59)37-45(49)56-55(61)46-38-48(60)44(40-50(46)62(56)32-24-20-18-14-10-6-2)54-36-42(28-22-16-12-8-4)58(66-54)52-30-26-34-64-52/h25-26,29-30,33-40H,5-24,27-28,31-32H2,1-4H3. The number of benzene rings is 2. The molecule has 0 aliphatic carbocycles. The van der Waals surface area contributed by atoms with Gasteiger partial charge in [0.15, 0.2) is 0 Å². The molecule has 8 aromatic rings. The molecule has 0 saturated heterocycles. The van der Waals surface area contributed by atoms with E-state index in [1.54, 1.807) is 0 Å². The van der Waals surface area contributed by atoms with Crippen LogP contribution in [0.25, 0.3) is 73.2 Å². The van der Waals surface area contributed by atoms with Crippen LogP contribution in [0.2, 0.25) is 10.0 Å². The smallest absolute Gasteiger partial charge is 0.0754 e. The van der Waals surface area contributed by atoms with Crippen molar-refractivity contribution in [3.05, 3.63) is 92.6 Å². The van der Waals surface area contributed by atoms with Crippen LogP contribution in [0.15, 0.2) is 71.4 Å². The van der Waals surface area contributed by atoms with Crippen molar-refractivity contribution in [1.82, 2.24) is 9.13 Å². The van der Waals surface area contributed by atoms with Gasteiger partial charge in [-0.3, -0.25) is 0 Å². The lowest BCUT2D eigenvalue weighted by molar-refractivity contribution is 0.569. The Labute approximate surface area is 422 Å². The Morgan fingerprint density at radius 1 is 0.424 bits per heavy atom. The Balaban J connectivity index is 1.28. The molecular formula is C58H72Cl2N2S4. The molecule has 0 amide bonds. The molecule has 0 spiro atoms. The first-order valence-electron chi connectivity index (χ1n) is 25.8. The molecule has 8 heteroatoms. The zero-order valence-electron chi connectivity index (χ0n) is 40.2. The Bertz CT molecular complexity index is 2550. The van der Waals surface area contributed by atoms with Crippen LogP contribution in [0.4, 0.5) is 0 Å². The molecule has 2 nitrogen and oxygen atoms in total. The van der Waals surface area contributed by atoms with Gasteiger partial charge in [-0.25, -0.2) is 0 Å². The van der Waals surface area contributed by atoms with E-state index in [4.69, 9.17) is 23.2 Å². The van der Waals surface area contributed by atoms with Gasteiger partial charge in [-0.1, -0.05) is 166 Å². The maximum absolute atomic E-state index is 7.60. The zero-order chi connectivity index (χ0) is 45.8. The molecule has 0 atom stereocenters. The van der Waals surface area contributed by atoms with Crippen molar-refractivity contribution in [2.45, 2.75) is 182 Å². The van der Waals surface area contributed by atoms with Gasteiger partial charge >= 0.3 is 0 Å². The number of aromatic nitrogens is 2. The van der Waals surface area contributed by atoms with Gasteiger partial charge in [0.25, 0.3) is 0 Å². The fourth-order valence-electron chi connectivity index (χ4n) is 10.1. The Kier molecular flexibility index (Phi) is 18.5. The summed E-state index contributed by atoms with van der Waals surface area (Å²) in [6.45, 7) is 11.2. The summed E-state index contributed by atoms with van der Waals surface area (Å²) in [6, 6.07) is 23.5. The Hall–Kier alpha value is -2.84. The van der Waals surface area contributed by atoms with E-state index in [1.807, 2.05) is 45.3 Å². The largest absolute Gasteiger partial charge is 0.339 e. The molecule has 6 aromatic heterocycles. The quantitative estimate of drug-likeness (QED) is 0.0433. The average molecular weight is 996 g/mol. The maximum Gasteiger partial charge on any atom is 0.0754 e. The van der Waals surface area contributed by atoms with Gasteiger partial charge in [0, 0.05) is 64.3 Å². The first-order chi connectivity index (χ1) is 32.4. The molecule has 0 saturated carbocycles. The molecule has 0 unspecified atom stereocenters. The van der Waals surface area contributed by atoms with Gasteiger partial charge in [-0.15, -0.1) is 45.3 Å². The predicted molar refractivity (Wildman–Crippen MR) is 301 cm³/mol. The SMILES string of the molecule is CCCCCCCCn1c2cc(-c3cc(CCCCCC)c(-c4cccs4)s3)c(Cl)cc2c2c1c1cc(Cl)c(-c3cc(CCCCCC)c(-c4cccs4)s3)cc1n2CCCCCCCC. The Morgan fingerprint density at radius 3 is 1.18 bits per heavy atom. The molecule has 2 aromatic carbocycles. The van der Waals surface area contributed by atoms with Crippen LogP contribution >= 0.6 is 68.5 Å². The van der Waals surface area contributed by atoms with E-state index in [2.05, 4.69) is 108 Å². The van der Waals surface area contributed by atoms with Crippen LogP contribution < -0.4 is 0 Å². The number of unbranched alkanes of at least 4 members (excludes halogenated alkanes) is 16. The van der Waals surface area contributed by atoms with E-state index in [0.717, 1.165) is 59.9 Å². The van der Waals surface area contributed by atoms with Crippen molar-refractivity contribution in [3.63, 3.8) is 0 Å². The second-order valence-electron chi connectivity index (χ2n) is 18.7. The summed E-state index contributed by atoms with van der Waals surface area (Å²) < 4.78 is 5.35. The molecule has 0 bridgehead atoms. The van der Waals surface area contributed by atoms with E-state index in [1.165, 1.54) is 189 Å². The van der Waals surface area contributed by atoms with Crippen molar-refractivity contribution >= 4 is 101 Å². The molecule has 66 heavy (non-hydrogen) atoms. The fraction of sp³-hybridized carbons (Fsp3) is 0.483.